The van der Waals surface area contributed by atoms with Gasteiger partial charge in [0.1, 0.15) is 23.2 Å². The molecular formula is C11H7BrClN5. The van der Waals surface area contributed by atoms with Gasteiger partial charge in [-0.3, -0.25) is 0 Å². The van der Waals surface area contributed by atoms with E-state index in [1.807, 2.05) is 6.07 Å². The second-order valence-electron chi connectivity index (χ2n) is 3.35. The minimum Gasteiger partial charge on any atom is -0.382 e. The van der Waals surface area contributed by atoms with E-state index in [9.17, 15) is 0 Å². The van der Waals surface area contributed by atoms with Crippen LogP contribution in [0.25, 0.3) is 0 Å². The molecule has 1 aromatic carbocycles. The highest BCUT2D eigenvalue weighted by atomic mass is 79.9. The quantitative estimate of drug-likeness (QED) is 0.886. The van der Waals surface area contributed by atoms with Gasteiger partial charge in [0.15, 0.2) is 5.82 Å². The third kappa shape index (κ3) is 2.53. The van der Waals surface area contributed by atoms with Gasteiger partial charge in [-0.1, -0.05) is 27.5 Å². The zero-order chi connectivity index (χ0) is 13.1. The maximum absolute atomic E-state index is 9.04. The molecule has 0 saturated heterocycles. The molecule has 0 aliphatic heterocycles. The summed E-state index contributed by atoms with van der Waals surface area (Å²) in [4.78, 5) is 7.74. The fourth-order valence-electron chi connectivity index (χ4n) is 1.32. The van der Waals surface area contributed by atoms with Crippen molar-refractivity contribution >= 4 is 44.9 Å². The summed E-state index contributed by atoms with van der Waals surface area (Å²) in [6.45, 7) is 0. The van der Waals surface area contributed by atoms with Crippen LogP contribution in [0, 0.1) is 11.3 Å². The maximum Gasteiger partial charge on any atom is 0.154 e. The van der Waals surface area contributed by atoms with E-state index in [2.05, 4.69) is 37.3 Å². The van der Waals surface area contributed by atoms with E-state index in [0.29, 0.717) is 17.1 Å². The number of nitrogens with zero attached hydrogens (tertiary/aromatic N) is 3. The molecule has 0 unspecified atom stereocenters. The number of anilines is 3. The average Bonchev–Trinajstić information content (AvgIpc) is 2.37. The zero-order valence-corrected chi connectivity index (χ0v) is 11.3. The topological polar surface area (TPSA) is 87.6 Å². The monoisotopic (exact) mass is 323 g/mol. The second-order valence-corrected chi connectivity index (χ2v) is 4.64. The fourth-order valence-corrected chi connectivity index (χ4v) is 1.82. The van der Waals surface area contributed by atoms with Crippen molar-refractivity contribution in [1.82, 2.24) is 9.97 Å². The summed E-state index contributed by atoms with van der Waals surface area (Å²) in [5, 5.41) is 12.2. The second kappa shape index (κ2) is 5.21. The van der Waals surface area contributed by atoms with Gasteiger partial charge in [0.2, 0.25) is 0 Å². The van der Waals surface area contributed by atoms with Crippen LogP contribution in [-0.4, -0.2) is 9.97 Å². The number of nitriles is 1. The van der Waals surface area contributed by atoms with E-state index in [4.69, 9.17) is 22.6 Å². The molecule has 2 rings (SSSR count). The smallest absolute Gasteiger partial charge is 0.154 e. The summed E-state index contributed by atoms with van der Waals surface area (Å²) in [6, 6.07) is 7.33. The predicted molar refractivity (Wildman–Crippen MR) is 73.6 cm³/mol. The number of halogens is 2. The zero-order valence-electron chi connectivity index (χ0n) is 8.98. The molecular weight excluding hydrogens is 318 g/mol. The minimum atomic E-state index is 0.185. The van der Waals surface area contributed by atoms with Crippen molar-refractivity contribution < 1.29 is 0 Å². The Morgan fingerprint density at radius 3 is 2.89 bits per heavy atom. The first-order chi connectivity index (χ1) is 8.61. The van der Waals surface area contributed by atoms with Crippen molar-refractivity contribution in [2.24, 2.45) is 0 Å². The van der Waals surface area contributed by atoms with Gasteiger partial charge < -0.3 is 11.1 Å². The number of nitrogens with two attached hydrogens (primary N) is 1. The van der Waals surface area contributed by atoms with E-state index in [1.54, 1.807) is 12.1 Å². The van der Waals surface area contributed by atoms with Crippen LogP contribution in [0.15, 0.2) is 29.0 Å². The van der Waals surface area contributed by atoms with Gasteiger partial charge in [-0.25, -0.2) is 9.97 Å². The molecule has 18 heavy (non-hydrogen) atoms. The third-order valence-corrected chi connectivity index (χ3v) is 3.04. The first-order valence-electron chi connectivity index (χ1n) is 4.84. The van der Waals surface area contributed by atoms with Crippen LogP contribution in [-0.2, 0) is 0 Å². The van der Waals surface area contributed by atoms with E-state index in [-0.39, 0.29) is 10.8 Å². The molecule has 0 saturated carbocycles. The lowest BCUT2D eigenvalue weighted by molar-refractivity contribution is 1.17. The lowest BCUT2D eigenvalue weighted by atomic mass is 10.2. The van der Waals surface area contributed by atoms with Crippen molar-refractivity contribution in [3.63, 3.8) is 0 Å². The Kier molecular flexibility index (Phi) is 3.65. The molecule has 0 spiro atoms. The molecule has 90 valence electrons. The normalized spacial score (nSPS) is 9.83. The van der Waals surface area contributed by atoms with Crippen LogP contribution in [0.5, 0.6) is 0 Å². The Bertz CT molecular complexity index is 638. The van der Waals surface area contributed by atoms with Crippen LogP contribution >= 0.6 is 27.5 Å². The lowest BCUT2D eigenvalue weighted by Crippen LogP contribution is -2.00. The summed E-state index contributed by atoms with van der Waals surface area (Å²) >= 11 is 9.26. The van der Waals surface area contributed by atoms with Gasteiger partial charge in [-0.05, 0) is 18.2 Å². The Morgan fingerprint density at radius 2 is 2.17 bits per heavy atom. The largest absolute Gasteiger partial charge is 0.382 e. The van der Waals surface area contributed by atoms with E-state index < -0.39 is 0 Å². The SMILES string of the molecule is N#Cc1cc(Br)ccc1Nc1ncnc(N)c1Cl. The molecule has 3 N–H and O–H groups in total. The highest BCUT2D eigenvalue weighted by Gasteiger charge is 2.09. The van der Waals surface area contributed by atoms with E-state index in [0.717, 1.165) is 4.47 Å². The number of hydrogen-bond donors (Lipinski definition) is 2. The minimum absolute atomic E-state index is 0.185. The molecule has 1 heterocycles. The molecule has 7 heteroatoms. The highest BCUT2D eigenvalue weighted by Crippen LogP contribution is 2.28. The van der Waals surface area contributed by atoms with Gasteiger partial charge in [0.25, 0.3) is 0 Å². The molecule has 0 aliphatic rings. The van der Waals surface area contributed by atoms with E-state index >= 15 is 0 Å². The molecule has 5 nitrogen and oxygen atoms in total. The number of hydrogen-bond acceptors (Lipinski definition) is 5. The number of benzene rings is 1. The summed E-state index contributed by atoms with van der Waals surface area (Å²) < 4.78 is 0.817. The van der Waals surface area contributed by atoms with Gasteiger partial charge in [-0.2, -0.15) is 5.26 Å². The Balaban J connectivity index is 2.41. The van der Waals surface area contributed by atoms with Crippen molar-refractivity contribution in [2.75, 3.05) is 11.1 Å². The summed E-state index contributed by atoms with van der Waals surface area (Å²) in [7, 11) is 0. The Morgan fingerprint density at radius 1 is 1.39 bits per heavy atom. The van der Waals surface area contributed by atoms with Crippen LogP contribution in [0.4, 0.5) is 17.3 Å². The van der Waals surface area contributed by atoms with Gasteiger partial charge in [0, 0.05) is 4.47 Å². The standard InChI is InChI=1S/C11H7BrClN5/c12-7-1-2-8(6(3-7)4-14)18-11-9(13)10(15)16-5-17-11/h1-3,5H,(H3,15,16,17,18). The molecule has 2 aromatic rings. The number of rotatable bonds is 2. The van der Waals surface area contributed by atoms with Crippen LogP contribution in [0.1, 0.15) is 5.56 Å². The van der Waals surface area contributed by atoms with Gasteiger partial charge >= 0.3 is 0 Å². The molecule has 0 bridgehead atoms. The third-order valence-electron chi connectivity index (χ3n) is 2.17. The number of nitrogens with one attached hydrogen (secondary N) is 1. The summed E-state index contributed by atoms with van der Waals surface area (Å²) in [6.07, 6.45) is 1.30. The molecule has 0 atom stereocenters. The van der Waals surface area contributed by atoms with Crippen molar-refractivity contribution in [3.05, 3.63) is 39.6 Å². The van der Waals surface area contributed by atoms with Crippen LogP contribution < -0.4 is 11.1 Å². The van der Waals surface area contributed by atoms with E-state index in [1.165, 1.54) is 6.33 Å². The van der Waals surface area contributed by atoms with Crippen molar-refractivity contribution in [1.29, 1.82) is 5.26 Å². The van der Waals surface area contributed by atoms with Gasteiger partial charge in [0.05, 0.1) is 11.3 Å². The lowest BCUT2D eigenvalue weighted by Gasteiger charge is -2.09. The number of nitrogen functional groups attached to an aromatic ring is 1. The fraction of sp³-hybridized carbons (Fsp3) is 0. The molecule has 0 fully saturated rings. The molecule has 1 aromatic heterocycles. The molecule has 0 radical (unpaired) electrons. The average molecular weight is 325 g/mol. The first-order valence-corrected chi connectivity index (χ1v) is 6.01. The molecule has 0 aliphatic carbocycles. The van der Waals surface area contributed by atoms with Crippen molar-refractivity contribution in [3.8, 4) is 6.07 Å². The summed E-state index contributed by atoms with van der Waals surface area (Å²) in [5.74, 6) is 0.549. The van der Waals surface area contributed by atoms with Crippen molar-refractivity contribution in [2.45, 2.75) is 0 Å². The first kappa shape index (κ1) is 12.6. The van der Waals surface area contributed by atoms with Crippen LogP contribution in [0.2, 0.25) is 5.02 Å². The Labute approximate surface area is 117 Å². The Hall–Kier alpha value is -1.84. The highest BCUT2D eigenvalue weighted by molar-refractivity contribution is 9.10. The predicted octanol–water partition coefficient (Wildman–Crippen LogP) is 3.09. The van der Waals surface area contributed by atoms with Crippen LogP contribution in [0.3, 0.4) is 0 Å². The summed E-state index contributed by atoms with van der Waals surface area (Å²) in [5.41, 5.74) is 6.64. The van der Waals surface area contributed by atoms with Gasteiger partial charge in [-0.15, -0.1) is 0 Å². The molecule has 0 amide bonds. The maximum atomic E-state index is 9.04. The number of aromatic nitrogens is 2.